The molecule has 4 nitrogen and oxygen atoms in total. The number of amides is 2. The van der Waals surface area contributed by atoms with Gasteiger partial charge in [-0.15, -0.1) is 6.58 Å². The van der Waals surface area contributed by atoms with Crippen molar-refractivity contribution in [1.82, 2.24) is 10.2 Å². The van der Waals surface area contributed by atoms with Crippen molar-refractivity contribution in [1.29, 1.82) is 0 Å². The van der Waals surface area contributed by atoms with E-state index in [4.69, 9.17) is 11.6 Å². The smallest absolute Gasteiger partial charge is 0.242 e. The van der Waals surface area contributed by atoms with Crippen LogP contribution in [0.3, 0.4) is 0 Å². The van der Waals surface area contributed by atoms with Crippen LogP contribution in [0.2, 0.25) is 5.02 Å². The minimum absolute atomic E-state index is 0.0591. The van der Waals surface area contributed by atoms with Gasteiger partial charge >= 0.3 is 0 Å². The van der Waals surface area contributed by atoms with E-state index in [-0.39, 0.29) is 17.7 Å². The maximum Gasteiger partial charge on any atom is 0.242 e. The molecule has 5 heteroatoms. The van der Waals surface area contributed by atoms with Gasteiger partial charge in [0.25, 0.3) is 0 Å². The SMILES string of the molecule is C=CCNC(=O)C(C)N(Cc1ccc(Cl)cc1)C(=O)C(C)C. The number of rotatable bonds is 7. The maximum atomic E-state index is 12.4. The highest BCUT2D eigenvalue weighted by Gasteiger charge is 2.27. The van der Waals surface area contributed by atoms with E-state index in [0.717, 1.165) is 5.56 Å². The molecule has 0 saturated carbocycles. The van der Waals surface area contributed by atoms with Crippen LogP contribution in [-0.4, -0.2) is 29.3 Å². The highest BCUT2D eigenvalue weighted by Crippen LogP contribution is 2.15. The Balaban J connectivity index is 2.92. The summed E-state index contributed by atoms with van der Waals surface area (Å²) in [6.07, 6.45) is 1.61. The largest absolute Gasteiger partial charge is 0.351 e. The van der Waals surface area contributed by atoms with Crippen LogP contribution in [0.4, 0.5) is 0 Å². The average Bonchev–Trinajstić information content (AvgIpc) is 2.50. The van der Waals surface area contributed by atoms with E-state index >= 15 is 0 Å². The zero-order chi connectivity index (χ0) is 16.7. The normalized spacial score (nSPS) is 11.9. The molecule has 1 unspecified atom stereocenters. The molecule has 0 bridgehead atoms. The molecule has 0 heterocycles. The number of carbonyl (C=O) groups is 2. The second kappa shape index (κ2) is 8.59. The van der Waals surface area contributed by atoms with E-state index in [1.165, 1.54) is 0 Å². The summed E-state index contributed by atoms with van der Waals surface area (Å²) in [6.45, 7) is 9.70. The van der Waals surface area contributed by atoms with Crippen LogP contribution < -0.4 is 5.32 Å². The van der Waals surface area contributed by atoms with Crippen molar-refractivity contribution in [2.75, 3.05) is 6.54 Å². The van der Waals surface area contributed by atoms with Crippen LogP contribution >= 0.6 is 11.6 Å². The Bertz CT molecular complexity index is 526. The molecular weight excluding hydrogens is 300 g/mol. The van der Waals surface area contributed by atoms with Gasteiger partial charge in [0.05, 0.1) is 0 Å². The second-order valence-corrected chi connectivity index (χ2v) is 5.89. The fraction of sp³-hybridized carbons (Fsp3) is 0.412. The molecule has 0 aliphatic carbocycles. The Morgan fingerprint density at radius 3 is 2.36 bits per heavy atom. The third-order valence-electron chi connectivity index (χ3n) is 3.31. The van der Waals surface area contributed by atoms with Gasteiger partial charge in [-0.2, -0.15) is 0 Å². The van der Waals surface area contributed by atoms with Gasteiger partial charge in [0.2, 0.25) is 11.8 Å². The van der Waals surface area contributed by atoms with E-state index in [9.17, 15) is 9.59 Å². The van der Waals surface area contributed by atoms with Crippen molar-refractivity contribution in [2.24, 2.45) is 5.92 Å². The van der Waals surface area contributed by atoms with Crippen molar-refractivity contribution in [3.8, 4) is 0 Å². The highest BCUT2D eigenvalue weighted by atomic mass is 35.5. The monoisotopic (exact) mass is 322 g/mol. The molecule has 0 aromatic heterocycles. The minimum atomic E-state index is -0.550. The molecule has 0 aliphatic heterocycles. The van der Waals surface area contributed by atoms with Gasteiger partial charge in [0, 0.05) is 24.0 Å². The first kappa shape index (κ1) is 18.2. The molecule has 0 saturated heterocycles. The predicted molar refractivity (Wildman–Crippen MR) is 89.5 cm³/mol. The zero-order valence-corrected chi connectivity index (χ0v) is 14.1. The Kier molecular flexibility index (Phi) is 7.12. The highest BCUT2D eigenvalue weighted by molar-refractivity contribution is 6.30. The maximum absolute atomic E-state index is 12.4. The lowest BCUT2D eigenvalue weighted by Gasteiger charge is -2.30. The number of carbonyl (C=O) groups excluding carboxylic acids is 2. The number of hydrogen-bond acceptors (Lipinski definition) is 2. The molecule has 2 amide bonds. The third kappa shape index (κ3) is 5.19. The first-order chi connectivity index (χ1) is 10.4. The lowest BCUT2D eigenvalue weighted by molar-refractivity contribution is -0.142. The van der Waals surface area contributed by atoms with Crippen molar-refractivity contribution >= 4 is 23.4 Å². The van der Waals surface area contributed by atoms with E-state index < -0.39 is 6.04 Å². The topological polar surface area (TPSA) is 49.4 Å². The fourth-order valence-electron chi connectivity index (χ4n) is 1.99. The molecule has 0 radical (unpaired) electrons. The summed E-state index contributed by atoms with van der Waals surface area (Å²) in [5, 5.41) is 3.37. The molecule has 0 aliphatic rings. The quantitative estimate of drug-likeness (QED) is 0.784. The number of halogens is 1. The van der Waals surface area contributed by atoms with E-state index in [1.54, 1.807) is 30.0 Å². The van der Waals surface area contributed by atoms with Gasteiger partial charge in [0.1, 0.15) is 6.04 Å². The Morgan fingerprint density at radius 2 is 1.86 bits per heavy atom. The van der Waals surface area contributed by atoms with Gasteiger partial charge in [-0.25, -0.2) is 0 Å². The first-order valence-corrected chi connectivity index (χ1v) is 7.68. The van der Waals surface area contributed by atoms with Crippen LogP contribution in [0.15, 0.2) is 36.9 Å². The summed E-state index contributed by atoms with van der Waals surface area (Å²) in [6, 6.07) is 6.72. The lowest BCUT2D eigenvalue weighted by atomic mass is 10.1. The Labute approximate surface area is 137 Å². The summed E-state index contributed by atoms with van der Waals surface area (Å²) < 4.78 is 0. The van der Waals surface area contributed by atoms with Crippen molar-refractivity contribution in [2.45, 2.75) is 33.4 Å². The summed E-state index contributed by atoms with van der Waals surface area (Å²) in [5.74, 6) is -0.430. The molecule has 1 rings (SSSR count). The van der Waals surface area contributed by atoms with E-state index in [2.05, 4.69) is 11.9 Å². The van der Waals surface area contributed by atoms with Crippen LogP contribution in [-0.2, 0) is 16.1 Å². The molecule has 1 aromatic carbocycles. The predicted octanol–water partition coefficient (Wildman–Crippen LogP) is 3.02. The van der Waals surface area contributed by atoms with Crippen LogP contribution in [0.1, 0.15) is 26.3 Å². The van der Waals surface area contributed by atoms with Gasteiger partial charge in [-0.3, -0.25) is 9.59 Å². The van der Waals surface area contributed by atoms with Gasteiger partial charge in [-0.05, 0) is 24.6 Å². The summed E-state index contributed by atoms with van der Waals surface area (Å²) in [5.41, 5.74) is 0.932. The minimum Gasteiger partial charge on any atom is -0.351 e. The Morgan fingerprint density at radius 1 is 1.27 bits per heavy atom. The molecule has 120 valence electrons. The van der Waals surface area contributed by atoms with Gasteiger partial charge < -0.3 is 10.2 Å². The average molecular weight is 323 g/mol. The number of nitrogens with one attached hydrogen (secondary N) is 1. The van der Waals surface area contributed by atoms with Crippen molar-refractivity contribution in [3.05, 3.63) is 47.5 Å². The molecule has 0 fully saturated rings. The molecular formula is C17H23ClN2O2. The zero-order valence-electron chi connectivity index (χ0n) is 13.3. The summed E-state index contributed by atoms with van der Waals surface area (Å²) in [7, 11) is 0. The van der Waals surface area contributed by atoms with Gasteiger partial charge in [-0.1, -0.05) is 43.7 Å². The van der Waals surface area contributed by atoms with E-state index in [0.29, 0.717) is 18.1 Å². The first-order valence-electron chi connectivity index (χ1n) is 7.30. The molecule has 1 aromatic rings. The van der Waals surface area contributed by atoms with Gasteiger partial charge in [0.15, 0.2) is 0 Å². The molecule has 1 N–H and O–H groups in total. The van der Waals surface area contributed by atoms with Crippen molar-refractivity contribution in [3.63, 3.8) is 0 Å². The molecule has 1 atom stereocenters. The number of hydrogen-bond donors (Lipinski definition) is 1. The Hall–Kier alpha value is -1.81. The van der Waals surface area contributed by atoms with Crippen LogP contribution in [0.5, 0.6) is 0 Å². The summed E-state index contributed by atoms with van der Waals surface area (Å²) in [4.78, 5) is 26.2. The summed E-state index contributed by atoms with van der Waals surface area (Å²) >= 11 is 5.88. The molecule has 0 spiro atoms. The number of benzene rings is 1. The van der Waals surface area contributed by atoms with E-state index in [1.807, 2.05) is 26.0 Å². The van der Waals surface area contributed by atoms with Crippen molar-refractivity contribution < 1.29 is 9.59 Å². The number of nitrogens with zero attached hydrogens (tertiary/aromatic N) is 1. The lowest BCUT2D eigenvalue weighted by Crippen LogP contribution is -2.48. The standard InChI is InChI=1S/C17H23ClN2O2/c1-5-10-19-16(21)13(4)20(17(22)12(2)3)11-14-6-8-15(18)9-7-14/h5-9,12-13H,1,10-11H2,2-4H3,(H,19,21). The second-order valence-electron chi connectivity index (χ2n) is 5.46. The van der Waals surface area contributed by atoms with Crippen LogP contribution in [0.25, 0.3) is 0 Å². The van der Waals surface area contributed by atoms with Crippen LogP contribution in [0, 0.1) is 5.92 Å². The molecule has 22 heavy (non-hydrogen) atoms. The fourth-order valence-corrected chi connectivity index (χ4v) is 2.11. The third-order valence-corrected chi connectivity index (χ3v) is 3.56.